The van der Waals surface area contributed by atoms with Gasteiger partial charge in [0.2, 0.25) is 0 Å². The first-order valence-corrected chi connectivity index (χ1v) is 18.3. The molecule has 0 atom stereocenters. The van der Waals surface area contributed by atoms with Crippen LogP contribution in [0.3, 0.4) is 0 Å². The Balaban J connectivity index is 1.80. The van der Waals surface area contributed by atoms with E-state index in [2.05, 4.69) is 9.97 Å². The van der Waals surface area contributed by atoms with E-state index in [1.807, 2.05) is 0 Å². The highest BCUT2D eigenvalue weighted by Crippen LogP contribution is 2.48. The summed E-state index contributed by atoms with van der Waals surface area (Å²) < 4.78 is 0.586. The van der Waals surface area contributed by atoms with Gasteiger partial charge in [-0.3, -0.25) is 0 Å². The van der Waals surface area contributed by atoms with Crippen molar-refractivity contribution in [1.29, 1.82) is 0 Å². The minimum absolute atomic E-state index is 0.0803. The van der Waals surface area contributed by atoms with Crippen LogP contribution in [0.15, 0.2) is 84.9 Å². The van der Waals surface area contributed by atoms with E-state index in [1.165, 1.54) is 72.8 Å². The Labute approximate surface area is 352 Å². The van der Waals surface area contributed by atoms with Gasteiger partial charge in [0.05, 0.1) is 56.0 Å². The Bertz CT molecular complexity index is 3650. The Morgan fingerprint density at radius 2 is 0.656 bits per heavy atom. The number of aromatic carboxylic acids is 6. The minimum Gasteiger partial charge on any atom is -0.478 e. The lowest BCUT2D eigenvalue weighted by molar-refractivity contribution is 0.0652. The molecule has 9 rings (SSSR count). The molecule has 2 aliphatic heterocycles. The largest absolute Gasteiger partial charge is 0.478 e. The number of carboxylic acids is 6. The van der Waals surface area contributed by atoms with Gasteiger partial charge in [0.25, 0.3) is 0 Å². The van der Waals surface area contributed by atoms with E-state index < -0.39 is 137 Å². The number of hydrogen-bond donors (Lipinski definition) is 8. The average Bonchev–Trinajstić information content (AvgIpc) is 3.98. The molecule has 20 heteroatoms. The highest BCUT2D eigenvalue weighted by atomic mass is 16.4. The van der Waals surface area contributed by atoms with Gasteiger partial charge in [0.15, 0.2) is 0 Å². The van der Waals surface area contributed by atoms with Crippen molar-refractivity contribution in [3.63, 3.8) is 0 Å². The quantitative estimate of drug-likeness (QED) is 0.0802. The molecule has 314 valence electrons. The highest BCUT2D eigenvalue weighted by Gasteiger charge is 2.39. The summed E-state index contributed by atoms with van der Waals surface area (Å²) in [5.74, 6) is -11.6. The number of nitrogens with zero attached hydrogens (tertiary/aromatic N) is 4. The van der Waals surface area contributed by atoms with E-state index in [0.29, 0.717) is 4.57 Å². The molecule has 5 heterocycles. The highest BCUT2D eigenvalue weighted by molar-refractivity contribution is 6.27. The van der Waals surface area contributed by atoms with Crippen molar-refractivity contribution >= 4 is 91.6 Å². The molecule has 0 fully saturated rings. The van der Waals surface area contributed by atoms with Crippen LogP contribution in [0.1, 0.15) is 62.1 Å². The normalized spacial score (nSPS) is 11.5. The summed E-state index contributed by atoms with van der Waals surface area (Å²) in [6, 6.07) is 17.5. The molecule has 4 aromatic carbocycles. The SMILES string of the molecule is O=C(O)c1ccc2c(c1C(=O)O)-c1nc-2c(C(=O)O)c2c3ccccc3c(c(C(=O)O)c3nc(c(C(=O)O)c4c5ccccc5c(c1C(=O)O)n4C(=O)O)-c1ccccc1-3)n2C(=O)O. The molecular formula is C44H22N4O16. The summed E-state index contributed by atoms with van der Waals surface area (Å²) in [5.41, 5.74) is -13.8. The van der Waals surface area contributed by atoms with Gasteiger partial charge in [-0.2, -0.15) is 0 Å². The monoisotopic (exact) mass is 862 g/mol. The lowest BCUT2D eigenvalue weighted by Gasteiger charge is -2.11. The molecule has 0 amide bonds. The molecule has 8 N–H and O–H groups in total. The average molecular weight is 863 g/mol. The fourth-order valence-electron chi connectivity index (χ4n) is 8.68. The lowest BCUT2D eigenvalue weighted by atomic mass is 9.91. The van der Waals surface area contributed by atoms with Crippen LogP contribution in [0.5, 0.6) is 0 Å². The van der Waals surface area contributed by atoms with Gasteiger partial charge in [-0.25, -0.2) is 57.5 Å². The second-order valence-electron chi connectivity index (χ2n) is 14.1. The molecule has 2 aliphatic rings. The number of carboxylic acid groups (broad SMARTS) is 8. The molecule has 7 aromatic rings. The summed E-state index contributed by atoms with van der Waals surface area (Å²) in [6.07, 6.45) is -3.98. The van der Waals surface area contributed by atoms with Crippen molar-refractivity contribution in [2.45, 2.75) is 0 Å². The van der Waals surface area contributed by atoms with Crippen LogP contribution >= 0.6 is 0 Å². The van der Waals surface area contributed by atoms with E-state index in [0.717, 1.165) is 12.1 Å². The van der Waals surface area contributed by atoms with Crippen LogP contribution in [0, 0.1) is 0 Å². The van der Waals surface area contributed by atoms with Crippen molar-refractivity contribution in [2.75, 3.05) is 0 Å². The molecule has 3 aromatic heterocycles. The zero-order chi connectivity index (χ0) is 45.8. The molecule has 0 saturated heterocycles. The predicted octanol–water partition coefficient (Wildman–Crippen LogP) is 7.48. The van der Waals surface area contributed by atoms with Crippen molar-refractivity contribution in [1.82, 2.24) is 19.1 Å². The van der Waals surface area contributed by atoms with Gasteiger partial charge in [0.1, 0.15) is 22.3 Å². The summed E-state index contributed by atoms with van der Waals surface area (Å²) in [4.78, 5) is 117. The Kier molecular flexibility index (Phi) is 8.64. The standard InChI is InChI=1S/C44H22N4O16/c49-37(50)22-14-13-21-23(24(22)38(51)52)32-28(42(59)60)36-20-12-6-5-11-19(20)34(48(36)44(63)64)26(40(55)56)30-16-8-2-1-7-15(16)29(45-30)25(39(53)54)33-17-9-3-4-10-18(17)35(47(33)43(61)62)27(41(57)58)31(21)46-32/h1-14H,(H,49,50)(H,51,52)(H,53,54)(H,55,56)(H,57,58)(H,59,60)(H,61,62)(H,63,64). The maximum Gasteiger partial charge on any atom is 0.416 e. The molecule has 8 bridgehead atoms. The third-order valence-corrected chi connectivity index (χ3v) is 10.9. The molecule has 0 spiro atoms. The maximum absolute atomic E-state index is 13.8. The lowest BCUT2D eigenvalue weighted by Crippen LogP contribution is -2.14. The number of hydrogen-bond acceptors (Lipinski definition) is 10. The topological polar surface area (TPSA) is 334 Å². The third kappa shape index (κ3) is 5.35. The van der Waals surface area contributed by atoms with Gasteiger partial charge in [-0.05, 0) is 6.07 Å². The first kappa shape index (κ1) is 39.7. The van der Waals surface area contributed by atoms with E-state index in [9.17, 15) is 79.2 Å². The van der Waals surface area contributed by atoms with E-state index in [4.69, 9.17) is 0 Å². The van der Waals surface area contributed by atoms with Crippen LogP contribution in [0.4, 0.5) is 9.59 Å². The van der Waals surface area contributed by atoms with Crippen molar-refractivity contribution < 1.29 is 79.2 Å². The number of benzene rings is 4. The molecule has 64 heavy (non-hydrogen) atoms. The van der Waals surface area contributed by atoms with E-state index in [1.54, 1.807) is 0 Å². The minimum atomic E-state index is -2.04. The summed E-state index contributed by atoms with van der Waals surface area (Å²) in [5, 5.41) is 86.3. The Hall–Kier alpha value is -9.72. The first-order chi connectivity index (χ1) is 30.5. The van der Waals surface area contributed by atoms with Crippen LogP contribution in [0.25, 0.3) is 88.6 Å². The predicted molar refractivity (Wildman–Crippen MR) is 221 cm³/mol. The van der Waals surface area contributed by atoms with Crippen LogP contribution in [-0.4, -0.2) is 108 Å². The fraction of sp³-hybridized carbons (Fsp3) is 0. The maximum atomic E-state index is 13.8. The summed E-state index contributed by atoms with van der Waals surface area (Å²) in [6.45, 7) is 0. The number of fused-ring (bicyclic) bond motifs is 20. The molecule has 0 radical (unpaired) electrons. The van der Waals surface area contributed by atoms with Gasteiger partial charge >= 0.3 is 48.0 Å². The Morgan fingerprint density at radius 3 is 0.984 bits per heavy atom. The number of rotatable bonds is 6. The third-order valence-electron chi connectivity index (χ3n) is 10.9. The zero-order valence-electron chi connectivity index (χ0n) is 31.7. The first-order valence-electron chi connectivity index (χ1n) is 18.3. The van der Waals surface area contributed by atoms with Gasteiger partial charge < -0.3 is 40.9 Å². The van der Waals surface area contributed by atoms with Crippen LogP contribution < -0.4 is 0 Å². The Morgan fingerprint density at radius 1 is 0.344 bits per heavy atom. The fourth-order valence-corrected chi connectivity index (χ4v) is 8.68. The zero-order valence-corrected chi connectivity index (χ0v) is 31.7. The molecule has 0 saturated carbocycles. The van der Waals surface area contributed by atoms with Crippen molar-refractivity contribution in [3.8, 4) is 45.0 Å². The van der Waals surface area contributed by atoms with E-state index >= 15 is 0 Å². The molecule has 0 unspecified atom stereocenters. The molecular weight excluding hydrogens is 840 g/mol. The smallest absolute Gasteiger partial charge is 0.416 e. The van der Waals surface area contributed by atoms with Crippen LogP contribution in [-0.2, 0) is 0 Å². The summed E-state index contributed by atoms with van der Waals surface area (Å²) in [7, 11) is 0. The van der Waals surface area contributed by atoms with Crippen LogP contribution in [0.2, 0.25) is 0 Å². The van der Waals surface area contributed by atoms with Gasteiger partial charge in [-0.15, -0.1) is 0 Å². The van der Waals surface area contributed by atoms with E-state index in [-0.39, 0.29) is 37.2 Å². The summed E-state index contributed by atoms with van der Waals surface area (Å²) >= 11 is 0. The molecule has 20 nitrogen and oxygen atoms in total. The van der Waals surface area contributed by atoms with Crippen molar-refractivity contribution in [2.24, 2.45) is 0 Å². The second kappa shape index (κ2) is 13.9. The molecule has 0 aliphatic carbocycles. The van der Waals surface area contributed by atoms with Crippen molar-refractivity contribution in [3.05, 3.63) is 118 Å². The number of aromatic nitrogens is 4. The van der Waals surface area contributed by atoms with Gasteiger partial charge in [0, 0.05) is 43.8 Å². The number of carbonyl (C=O) groups is 8. The second-order valence-corrected chi connectivity index (χ2v) is 14.1. The van der Waals surface area contributed by atoms with Gasteiger partial charge in [-0.1, -0.05) is 78.9 Å².